The first-order chi connectivity index (χ1) is 12.3. The summed E-state index contributed by atoms with van der Waals surface area (Å²) in [5.41, 5.74) is 2.19. The fourth-order valence-corrected chi connectivity index (χ4v) is 4.55. The second kappa shape index (κ2) is 7.61. The predicted molar refractivity (Wildman–Crippen MR) is 102 cm³/mol. The van der Waals surface area contributed by atoms with E-state index in [4.69, 9.17) is 0 Å². The van der Waals surface area contributed by atoms with E-state index in [2.05, 4.69) is 27.3 Å². The fraction of sp³-hybridized carbons (Fsp3) is 0.571. The van der Waals surface area contributed by atoms with Crippen molar-refractivity contribution in [2.75, 3.05) is 19.6 Å². The number of carbonyl (C=O) groups is 1. The number of aromatic amines is 1. The standard InChI is InChI=1S/C21H29N3O/c25-21(13-17-14-22-20-8-4-3-7-19(17)20)23-18-9-11-24(12-10-18)15-16-5-1-2-6-16/h3-4,7-8,14,16,18,22H,1-2,5-6,9-13,15H2,(H,23,25). The molecule has 25 heavy (non-hydrogen) atoms. The van der Waals surface area contributed by atoms with Gasteiger partial charge in [0.2, 0.25) is 5.91 Å². The molecular formula is C21H29N3O. The number of likely N-dealkylation sites (tertiary alicyclic amines) is 1. The number of piperidine rings is 1. The highest BCUT2D eigenvalue weighted by Crippen LogP contribution is 2.26. The first kappa shape index (κ1) is 16.6. The van der Waals surface area contributed by atoms with Gasteiger partial charge >= 0.3 is 0 Å². The van der Waals surface area contributed by atoms with Crippen molar-refractivity contribution in [2.24, 2.45) is 5.92 Å². The summed E-state index contributed by atoms with van der Waals surface area (Å²) in [7, 11) is 0. The third-order valence-corrected chi connectivity index (χ3v) is 5.97. The van der Waals surface area contributed by atoms with Gasteiger partial charge < -0.3 is 15.2 Å². The van der Waals surface area contributed by atoms with E-state index < -0.39 is 0 Å². The van der Waals surface area contributed by atoms with Crippen LogP contribution in [0.2, 0.25) is 0 Å². The minimum absolute atomic E-state index is 0.152. The van der Waals surface area contributed by atoms with E-state index in [1.165, 1.54) is 32.2 Å². The van der Waals surface area contributed by atoms with E-state index in [1.807, 2.05) is 18.3 Å². The molecule has 4 rings (SSSR count). The number of nitrogens with zero attached hydrogens (tertiary/aromatic N) is 1. The van der Waals surface area contributed by atoms with Crippen molar-refractivity contribution in [3.05, 3.63) is 36.0 Å². The molecule has 0 atom stereocenters. The maximum absolute atomic E-state index is 12.4. The van der Waals surface area contributed by atoms with Crippen molar-refractivity contribution in [1.82, 2.24) is 15.2 Å². The van der Waals surface area contributed by atoms with Crippen molar-refractivity contribution in [2.45, 2.75) is 51.0 Å². The van der Waals surface area contributed by atoms with Crippen LogP contribution in [0.1, 0.15) is 44.1 Å². The molecule has 1 aliphatic carbocycles. The van der Waals surface area contributed by atoms with Gasteiger partial charge in [0, 0.05) is 42.8 Å². The monoisotopic (exact) mass is 339 g/mol. The lowest BCUT2D eigenvalue weighted by Gasteiger charge is -2.33. The van der Waals surface area contributed by atoms with Gasteiger partial charge in [0.15, 0.2) is 0 Å². The quantitative estimate of drug-likeness (QED) is 0.876. The van der Waals surface area contributed by atoms with Crippen LogP contribution in [0.15, 0.2) is 30.5 Å². The number of H-pyrrole nitrogens is 1. The number of aromatic nitrogens is 1. The molecule has 1 aliphatic heterocycles. The number of rotatable bonds is 5. The number of carbonyl (C=O) groups excluding carboxylic acids is 1. The maximum atomic E-state index is 12.4. The zero-order valence-electron chi connectivity index (χ0n) is 15.0. The van der Waals surface area contributed by atoms with Gasteiger partial charge in [-0.25, -0.2) is 0 Å². The maximum Gasteiger partial charge on any atom is 0.224 e. The summed E-state index contributed by atoms with van der Waals surface area (Å²) in [6.07, 6.45) is 10.3. The van der Waals surface area contributed by atoms with Crippen LogP contribution in [0, 0.1) is 5.92 Å². The van der Waals surface area contributed by atoms with E-state index in [-0.39, 0.29) is 5.91 Å². The van der Waals surface area contributed by atoms with Gasteiger partial charge in [0.05, 0.1) is 6.42 Å². The summed E-state index contributed by atoms with van der Waals surface area (Å²) in [4.78, 5) is 18.3. The molecule has 1 amide bonds. The lowest BCUT2D eigenvalue weighted by Crippen LogP contribution is -2.46. The number of para-hydroxylation sites is 1. The number of hydrogen-bond donors (Lipinski definition) is 2. The molecule has 1 aromatic heterocycles. The Morgan fingerprint density at radius 1 is 1.12 bits per heavy atom. The van der Waals surface area contributed by atoms with Crippen LogP contribution in [0.3, 0.4) is 0 Å². The summed E-state index contributed by atoms with van der Waals surface area (Å²) >= 11 is 0. The van der Waals surface area contributed by atoms with Gasteiger partial charge in [-0.1, -0.05) is 31.0 Å². The van der Waals surface area contributed by atoms with Gasteiger partial charge in [-0.3, -0.25) is 4.79 Å². The minimum atomic E-state index is 0.152. The van der Waals surface area contributed by atoms with Crippen molar-refractivity contribution in [1.29, 1.82) is 0 Å². The summed E-state index contributed by atoms with van der Waals surface area (Å²) in [5.74, 6) is 1.08. The van der Waals surface area contributed by atoms with Crippen molar-refractivity contribution in [3.8, 4) is 0 Å². The Hall–Kier alpha value is -1.81. The molecule has 134 valence electrons. The SMILES string of the molecule is O=C(Cc1c[nH]c2ccccc12)NC1CCN(CC2CCCC2)CC1. The Bertz CT molecular complexity index is 709. The Kier molecular flexibility index (Phi) is 5.07. The number of benzene rings is 1. The lowest BCUT2D eigenvalue weighted by atomic mass is 10.0. The zero-order chi connectivity index (χ0) is 17.1. The third kappa shape index (κ3) is 4.06. The number of nitrogens with one attached hydrogen (secondary N) is 2. The highest BCUT2D eigenvalue weighted by molar-refractivity contribution is 5.88. The van der Waals surface area contributed by atoms with Crippen LogP contribution in [-0.4, -0.2) is 41.5 Å². The van der Waals surface area contributed by atoms with Crippen LogP contribution in [0.5, 0.6) is 0 Å². The van der Waals surface area contributed by atoms with Crippen LogP contribution in [-0.2, 0) is 11.2 Å². The normalized spacial score (nSPS) is 20.3. The Labute approximate surface area is 150 Å². The summed E-state index contributed by atoms with van der Waals surface area (Å²) in [5, 5.41) is 4.41. The van der Waals surface area contributed by atoms with Gasteiger partial charge in [-0.05, 0) is 43.2 Å². The lowest BCUT2D eigenvalue weighted by molar-refractivity contribution is -0.121. The largest absolute Gasteiger partial charge is 0.361 e. The van der Waals surface area contributed by atoms with Crippen LogP contribution in [0.4, 0.5) is 0 Å². The molecule has 4 nitrogen and oxygen atoms in total. The molecule has 1 aromatic carbocycles. The van der Waals surface area contributed by atoms with E-state index in [0.717, 1.165) is 48.3 Å². The second-order valence-electron chi connectivity index (χ2n) is 7.83. The molecule has 0 radical (unpaired) electrons. The molecule has 1 saturated carbocycles. The first-order valence-corrected chi connectivity index (χ1v) is 9.84. The second-order valence-corrected chi connectivity index (χ2v) is 7.83. The first-order valence-electron chi connectivity index (χ1n) is 9.84. The van der Waals surface area contributed by atoms with E-state index in [1.54, 1.807) is 0 Å². The van der Waals surface area contributed by atoms with E-state index >= 15 is 0 Å². The van der Waals surface area contributed by atoms with Crippen LogP contribution >= 0.6 is 0 Å². The molecule has 2 fully saturated rings. The summed E-state index contributed by atoms with van der Waals surface area (Å²) < 4.78 is 0. The fourth-order valence-electron chi connectivity index (χ4n) is 4.55. The molecule has 0 unspecified atom stereocenters. The zero-order valence-corrected chi connectivity index (χ0v) is 15.0. The molecule has 2 N–H and O–H groups in total. The van der Waals surface area contributed by atoms with Crippen molar-refractivity contribution >= 4 is 16.8 Å². The van der Waals surface area contributed by atoms with E-state index in [0.29, 0.717) is 12.5 Å². The Morgan fingerprint density at radius 2 is 1.88 bits per heavy atom. The summed E-state index contributed by atoms with van der Waals surface area (Å²) in [6.45, 7) is 3.54. The molecule has 0 bridgehead atoms. The average Bonchev–Trinajstić information content (AvgIpc) is 3.27. The summed E-state index contributed by atoms with van der Waals surface area (Å²) in [6, 6.07) is 8.52. The van der Waals surface area contributed by atoms with Crippen molar-refractivity contribution < 1.29 is 4.79 Å². The Morgan fingerprint density at radius 3 is 2.68 bits per heavy atom. The predicted octanol–water partition coefficient (Wildman–Crippen LogP) is 3.48. The molecule has 4 heteroatoms. The molecule has 2 aromatic rings. The number of fused-ring (bicyclic) bond motifs is 1. The highest BCUT2D eigenvalue weighted by atomic mass is 16.1. The van der Waals surface area contributed by atoms with Gasteiger partial charge in [-0.2, -0.15) is 0 Å². The highest BCUT2D eigenvalue weighted by Gasteiger charge is 2.24. The van der Waals surface area contributed by atoms with Crippen LogP contribution in [0.25, 0.3) is 10.9 Å². The molecule has 1 saturated heterocycles. The van der Waals surface area contributed by atoms with Crippen LogP contribution < -0.4 is 5.32 Å². The molecule has 0 spiro atoms. The average molecular weight is 339 g/mol. The minimum Gasteiger partial charge on any atom is -0.361 e. The molecule has 2 heterocycles. The van der Waals surface area contributed by atoms with E-state index in [9.17, 15) is 4.79 Å². The molecule has 2 aliphatic rings. The molecular weight excluding hydrogens is 310 g/mol. The van der Waals surface area contributed by atoms with Gasteiger partial charge in [-0.15, -0.1) is 0 Å². The number of hydrogen-bond acceptors (Lipinski definition) is 2. The van der Waals surface area contributed by atoms with Crippen molar-refractivity contribution in [3.63, 3.8) is 0 Å². The van der Waals surface area contributed by atoms with Gasteiger partial charge in [0.25, 0.3) is 0 Å². The Balaban J connectivity index is 1.25. The number of amides is 1. The third-order valence-electron chi connectivity index (χ3n) is 5.97. The van der Waals surface area contributed by atoms with Gasteiger partial charge in [0.1, 0.15) is 0 Å². The topological polar surface area (TPSA) is 48.1 Å². The smallest absolute Gasteiger partial charge is 0.224 e.